The molecule has 0 aliphatic carbocycles. The summed E-state index contributed by atoms with van der Waals surface area (Å²) in [4.78, 5) is 25.4. The molecule has 1 heterocycles. The van der Waals surface area contributed by atoms with E-state index in [4.69, 9.17) is 9.15 Å². The Hall–Kier alpha value is -3.16. The zero-order valence-corrected chi connectivity index (χ0v) is 12.5. The van der Waals surface area contributed by atoms with E-state index in [-0.39, 0.29) is 5.69 Å². The number of carbonyl (C=O) groups is 1. The monoisotopic (exact) mass is 318 g/mol. The van der Waals surface area contributed by atoms with Crippen LogP contribution in [0, 0.1) is 10.1 Å². The molecule has 0 spiro atoms. The SMILES string of the molecule is CCOc1cc([N+](=O)[O-])ccc1-c1ccc(/C=N\OC(C)=O)o1. The van der Waals surface area contributed by atoms with Gasteiger partial charge in [-0.2, -0.15) is 0 Å². The van der Waals surface area contributed by atoms with E-state index in [0.29, 0.717) is 29.4 Å². The van der Waals surface area contributed by atoms with Gasteiger partial charge >= 0.3 is 5.97 Å². The smallest absolute Gasteiger partial charge is 0.331 e. The van der Waals surface area contributed by atoms with Crippen molar-refractivity contribution in [3.8, 4) is 17.1 Å². The highest BCUT2D eigenvalue weighted by Gasteiger charge is 2.15. The van der Waals surface area contributed by atoms with Gasteiger partial charge in [-0.05, 0) is 25.1 Å². The first kappa shape index (κ1) is 16.2. The fraction of sp³-hybridized carbons (Fsp3) is 0.200. The quantitative estimate of drug-likeness (QED) is 0.351. The second-order valence-electron chi connectivity index (χ2n) is 4.39. The maximum Gasteiger partial charge on any atom is 0.331 e. The van der Waals surface area contributed by atoms with Gasteiger partial charge in [0.25, 0.3) is 5.69 Å². The number of nitro groups is 1. The summed E-state index contributed by atoms with van der Waals surface area (Å²) in [6.07, 6.45) is 1.25. The van der Waals surface area contributed by atoms with Crippen molar-refractivity contribution in [2.24, 2.45) is 5.16 Å². The molecule has 0 unspecified atom stereocenters. The summed E-state index contributed by atoms with van der Waals surface area (Å²) in [6, 6.07) is 7.55. The molecule has 2 rings (SSSR count). The van der Waals surface area contributed by atoms with E-state index >= 15 is 0 Å². The van der Waals surface area contributed by atoms with Crippen LogP contribution in [0.15, 0.2) is 39.9 Å². The molecule has 0 amide bonds. The van der Waals surface area contributed by atoms with Crippen LogP contribution in [0.25, 0.3) is 11.3 Å². The second-order valence-corrected chi connectivity index (χ2v) is 4.39. The predicted octanol–water partition coefficient (Wildman–Crippen LogP) is 3.15. The lowest BCUT2D eigenvalue weighted by Crippen LogP contribution is -1.96. The fourth-order valence-corrected chi connectivity index (χ4v) is 1.82. The summed E-state index contributed by atoms with van der Waals surface area (Å²) in [5.74, 6) is 0.622. The number of furan rings is 1. The third-order valence-electron chi connectivity index (χ3n) is 2.73. The second kappa shape index (κ2) is 7.21. The predicted molar refractivity (Wildman–Crippen MR) is 81.3 cm³/mol. The number of oxime groups is 1. The molecule has 0 radical (unpaired) electrons. The van der Waals surface area contributed by atoms with Gasteiger partial charge in [-0.1, -0.05) is 5.16 Å². The summed E-state index contributed by atoms with van der Waals surface area (Å²) >= 11 is 0. The lowest BCUT2D eigenvalue weighted by Gasteiger charge is -2.07. The first-order valence-corrected chi connectivity index (χ1v) is 6.73. The maximum atomic E-state index is 10.9. The van der Waals surface area contributed by atoms with Gasteiger partial charge in [-0.25, -0.2) is 4.79 Å². The Labute approximate surface area is 131 Å². The highest BCUT2D eigenvalue weighted by Crippen LogP contribution is 2.34. The topological polar surface area (TPSA) is 104 Å². The van der Waals surface area contributed by atoms with Crippen LogP contribution < -0.4 is 4.74 Å². The zero-order valence-electron chi connectivity index (χ0n) is 12.5. The van der Waals surface area contributed by atoms with Gasteiger partial charge in [-0.15, -0.1) is 0 Å². The van der Waals surface area contributed by atoms with Gasteiger partial charge in [0.1, 0.15) is 23.5 Å². The molecule has 0 fully saturated rings. The third-order valence-corrected chi connectivity index (χ3v) is 2.73. The van der Waals surface area contributed by atoms with E-state index in [1.807, 2.05) is 0 Å². The van der Waals surface area contributed by atoms with Crippen molar-refractivity contribution in [3.63, 3.8) is 0 Å². The molecule has 8 heteroatoms. The van der Waals surface area contributed by atoms with Gasteiger partial charge in [0.2, 0.25) is 0 Å². The van der Waals surface area contributed by atoms with Crippen molar-refractivity contribution in [2.75, 3.05) is 6.61 Å². The average Bonchev–Trinajstić information content (AvgIpc) is 2.95. The van der Waals surface area contributed by atoms with Crippen molar-refractivity contribution in [1.29, 1.82) is 0 Å². The first-order chi connectivity index (χ1) is 11.0. The molecular formula is C15H14N2O6. The lowest BCUT2D eigenvalue weighted by atomic mass is 10.1. The highest BCUT2D eigenvalue weighted by molar-refractivity contribution is 5.79. The minimum atomic E-state index is -0.540. The Morgan fingerprint density at radius 3 is 2.83 bits per heavy atom. The molecular weight excluding hydrogens is 304 g/mol. The number of nitro benzene ring substituents is 1. The number of hydrogen-bond acceptors (Lipinski definition) is 7. The summed E-state index contributed by atoms with van der Waals surface area (Å²) in [6.45, 7) is 3.37. The van der Waals surface area contributed by atoms with Crippen LogP contribution in [0.3, 0.4) is 0 Å². The van der Waals surface area contributed by atoms with Gasteiger partial charge in [0.05, 0.1) is 23.2 Å². The summed E-state index contributed by atoms with van der Waals surface area (Å²) in [5, 5.41) is 14.3. The van der Waals surface area contributed by atoms with E-state index in [1.165, 1.54) is 25.3 Å². The summed E-state index contributed by atoms with van der Waals surface area (Å²) < 4.78 is 11.0. The highest BCUT2D eigenvalue weighted by atomic mass is 16.7. The Kier molecular flexibility index (Phi) is 5.08. The van der Waals surface area contributed by atoms with Crippen LogP contribution in [-0.4, -0.2) is 23.7 Å². The Morgan fingerprint density at radius 1 is 1.39 bits per heavy atom. The van der Waals surface area contributed by atoms with Crippen molar-refractivity contribution in [2.45, 2.75) is 13.8 Å². The number of non-ortho nitro benzene ring substituents is 1. The van der Waals surface area contributed by atoms with Gasteiger partial charge in [-0.3, -0.25) is 10.1 Å². The van der Waals surface area contributed by atoms with Gasteiger partial charge < -0.3 is 14.0 Å². The van der Waals surface area contributed by atoms with E-state index < -0.39 is 10.9 Å². The Morgan fingerprint density at radius 2 is 2.17 bits per heavy atom. The van der Waals surface area contributed by atoms with Crippen LogP contribution in [0.2, 0.25) is 0 Å². The maximum absolute atomic E-state index is 10.9. The molecule has 8 nitrogen and oxygen atoms in total. The van der Waals surface area contributed by atoms with Crippen molar-refractivity contribution >= 4 is 17.9 Å². The van der Waals surface area contributed by atoms with Gasteiger partial charge in [0, 0.05) is 13.0 Å². The van der Waals surface area contributed by atoms with E-state index in [2.05, 4.69) is 9.99 Å². The molecule has 0 bridgehead atoms. The number of hydrogen-bond donors (Lipinski definition) is 0. The molecule has 23 heavy (non-hydrogen) atoms. The number of nitrogens with zero attached hydrogens (tertiary/aromatic N) is 2. The molecule has 1 aromatic carbocycles. The molecule has 0 atom stereocenters. The van der Waals surface area contributed by atoms with Crippen molar-refractivity contribution < 1.29 is 23.7 Å². The fourth-order valence-electron chi connectivity index (χ4n) is 1.82. The minimum absolute atomic E-state index is 0.0691. The minimum Gasteiger partial charge on any atom is -0.493 e. The molecule has 1 aromatic heterocycles. The van der Waals surface area contributed by atoms with E-state index in [9.17, 15) is 14.9 Å². The first-order valence-electron chi connectivity index (χ1n) is 6.73. The third kappa shape index (κ3) is 4.16. The average molecular weight is 318 g/mol. The molecule has 2 aromatic rings. The number of rotatable bonds is 6. The van der Waals surface area contributed by atoms with E-state index in [0.717, 1.165) is 0 Å². The summed E-state index contributed by atoms with van der Waals surface area (Å²) in [5.41, 5.74) is 0.505. The van der Waals surface area contributed by atoms with Crippen LogP contribution in [0.5, 0.6) is 5.75 Å². The van der Waals surface area contributed by atoms with Crippen LogP contribution in [0.4, 0.5) is 5.69 Å². The van der Waals surface area contributed by atoms with Crippen LogP contribution >= 0.6 is 0 Å². The Balaban J connectivity index is 2.30. The number of carbonyl (C=O) groups excluding carboxylic acids is 1. The number of ether oxygens (including phenoxy) is 1. The molecule has 0 aliphatic rings. The largest absolute Gasteiger partial charge is 0.493 e. The normalized spacial score (nSPS) is 10.7. The zero-order chi connectivity index (χ0) is 16.8. The van der Waals surface area contributed by atoms with E-state index in [1.54, 1.807) is 25.1 Å². The molecule has 0 aliphatic heterocycles. The van der Waals surface area contributed by atoms with Gasteiger partial charge in [0.15, 0.2) is 0 Å². The summed E-state index contributed by atoms with van der Waals surface area (Å²) in [7, 11) is 0. The van der Waals surface area contributed by atoms with Crippen molar-refractivity contribution in [1.82, 2.24) is 0 Å². The molecule has 0 saturated heterocycles. The lowest BCUT2D eigenvalue weighted by molar-refractivity contribution is -0.384. The van der Waals surface area contributed by atoms with Crippen LogP contribution in [0.1, 0.15) is 19.6 Å². The molecule has 0 N–H and O–H groups in total. The standard InChI is InChI=1S/C15H14N2O6/c1-3-21-15-8-11(17(19)20)4-6-13(15)14-7-5-12(22-14)9-16-23-10(2)18/h4-9H,3H2,1-2H3/b16-9-. The Bertz CT molecular complexity index is 750. The molecule has 120 valence electrons. The van der Waals surface area contributed by atoms with Crippen molar-refractivity contribution in [3.05, 3.63) is 46.2 Å². The van der Waals surface area contributed by atoms with Crippen LogP contribution in [-0.2, 0) is 9.63 Å². The molecule has 0 saturated carbocycles. The number of benzene rings is 1.